The topological polar surface area (TPSA) is 15.3 Å². The van der Waals surface area contributed by atoms with Gasteiger partial charge in [-0.25, -0.2) is 0 Å². The summed E-state index contributed by atoms with van der Waals surface area (Å²) in [5.41, 5.74) is 2.89. The Morgan fingerprint density at radius 2 is 2.10 bits per heavy atom. The third-order valence-electron chi connectivity index (χ3n) is 4.47. The van der Waals surface area contributed by atoms with Crippen molar-refractivity contribution in [2.45, 2.75) is 31.8 Å². The minimum absolute atomic E-state index is 0.469. The van der Waals surface area contributed by atoms with Crippen molar-refractivity contribution in [3.8, 4) is 0 Å². The molecule has 112 valence electrons. The largest absolute Gasteiger partial charge is 0.307 e. The van der Waals surface area contributed by atoms with Gasteiger partial charge in [0.25, 0.3) is 0 Å². The van der Waals surface area contributed by atoms with Crippen LogP contribution >= 0.6 is 11.3 Å². The predicted molar refractivity (Wildman–Crippen MR) is 90.9 cm³/mol. The molecule has 2 atom stereocenters. The summed E-state index contributed by atoms with van der Waals surface area (Å²) in [4.78, 5) is 2.67. The van der Waals surface area contributed by atoms with E-state index in [4.69, 9.17) is 0 Å². The number of hydrogen-bond donors (Lipinski definition) is 1. The number of nitrogens with zero attached hydrogens (tertiary/aromatic N) is 1. The molecule has 1 aliphatic rings. The van der Waals surface area contributed by atoms with Crippen molar-refractivity contribution in [3.63, 3.8) is 0 Å². The van der Waals surface area contributed by atoms with E-state index in [1.165, 1.54) is 30.5 Å². The summed E-state index contributed by atoms with van der Waals surface area (Å²) in [7, 11) is 0. The van der Waals surface area contributed by atoms with Gasteiger partial charge in [-0.3, -0.25) is 4.90 Å². The van der Waals surface area contributed by atoms with E-state index in [0.29, 0.717) is 12.1 Å². The van der Waals surface area contributed by atoms with Crippen LogP contribution in [0.5, 0.6) is 0 Å². The molecule has 1 N–H and O–H groups in total. The molecule has 0 spiro atoms. The van der Waals surface area contributed by atoms with E-state index in [9.17, 15) is 0 Å². The molecule has 0 bridgehead atoms. The Labute approximate surface area is 131 Å². The van der Waals surface area contributed by atoms with Crippen LogP contribution < -0.4 is 5.32 Å². The van der Waals surface area contributed by atoms with Gasteiger partial charge in [-0.05, 0) is 40.8 Å². The predicted octanol–water partition coefficient (Wildman–Crippen LogP) is 3.72. The van der Waals surface area contributed by atoms with Crippen LogP contribution in [0.2, 0.25) is 0 Å². The Bertz CT molecular complexity index is 523. The summed E-state index contributed by atoms with van der Waals surface area (Å²) in [5.74, 6) is 0. The van der Waals surface area contributed by atoms with Crippen molar-refractivity contribution in [1.29, 1.82) is 0 Å². The Morgan fingerprint density at radius 3 is 2.81 bits per heavy atom. The summed E-state index contributed by atoms with van der Waals surface area (Å²) in [6.45, 7) is 5.68. The zero-order valence-electron chi connectivity index (χ0n) is 12.7. The van der Waals surface area contributed by atoms with Crippen LogP contribution in [-0.4, -0.2) is 30.6 Å². The molecule has 1 aliphatic heterocycles. The molecule has 0 saturated carbocycles. The molecule has 2 aromatic rings. The highest BCUT2D eigenvalue weighted by Gasteiger charge is 2.27. The lowest BCUT2D eigenvalue weighted by Crippen LogP contribution is -2.52. The van der Waals surface area contributed by atoms with Crippen molar-refractivity contribution in [2.24, 2.45) is 0 Å². The number of piperazine rings is 1. The average molecular weight is 300 g/mol. The van der Waals surface area contributed by atoms with Gasteiger partial charge < -0.3 is 5.32 Å². The SMILES string of the molecule is CCC1CNC(c2ccccc2)CN1CCc1ccsc1. The molecule has 21 heavy (non-hydrogen) atoms. The normalized spacial score (nSPS) is 23.3. The highest BCUT2D eigenvalue weighted by Crippen LogP contribution is 2.21. The van der Waals surface area contributed by atoms with Crippen LogP contribution in [0.4, 0.5) is 0 Å². The summed E-state index contributed by atoms with van der Waals surface area (Å²) >= 11 is 1.80. The number of thiophene rings is 1. The molecule has 1 saturated heterocycles. The van der Waals surface area contributed by atoms with Gasteiger partial charge in [-0.1, -0.05) is 37.3 Å². The number of hydrogen-bond acceptors (Lipinski definition) is 3. The molecule has 3 rings (SSSR count). The van der Waals surface area contributed by atoms with Crippen LogP contribution in [0.25, 0.3) is 0 Å². The van der Waals surface area contributed by atoms with Gasteiger partial charge in [0.15, 0.2) is 0 Å². The Kier molecular flexibility index (Phi) is 5.07. The van der Waals surface area contributed by atoms with Crippen molar-refractivity contribution in [3.05, 3.63) is 58.3 Å². The maximum absolute atomic E-state index is 3.72. The van der Waals surface area contributed by atoms with E-state index >= 15 is 0 Å². The van der Waals surface area contributed by atoms with Crippen LogP contribution in [0.1, 0.15) is 30.5 Å². The zero-order chi connectivity index (χ0) is 14.5. The molecule has 0 aliphatic carbocycles. The van der Waals surface area contributed by atoms with Crippen LogP contribution in [0.15, 0.2) is 47.2 Å². The van der Waals surface area contributed by atoms with Crippen LogP contribution in [0.3, 0.4) is 0 Å². The first kappa shape index (κ1) is 14.8. The fourth-order valence-corrected chi connectivity index (χ4v) is 3.85. The molecule has 1 aromatic carbocycles. The lowest BCUT2D eigenvalue weighted by Gasteiger charge is -2.40. The first-order valence-electron chi connectivity index (χ1n) is 7.90. The Morgan fingerprint density at radius 1 is 1.24 bits per heavy atom. The minimum atomic E-state index is 0.469. The summed E-state index contributed by atoms with van der Waals surface area (Å²) in [6.07, 6.45) is 2.39. The Hall–Kier alpha value is -1.16. The van der Waals surface area contributed by atoms with E-state index in [2.05, 4.69) is 64.3 Å². The van der Waals surface area contributed by atoms with Crippen molar-refractivity contribution >= 4 is 11.3 Å². The highest BCUT2D eigenvalue weighted by atomic mass is 32.1. The third-order valence-corrected chi connectivity index (χ3v) is 5.21. The molecule has 2 heterocycles. The first-order chi connectivity index (χ1) is 10.4. The van der Waals surface area contributed by atoms with Crippen molar-refractivity contribution < 1.29 is 0 Å². The number of nitrogens with one attached hydrogen (secondary N) is 1. The lowest BCUT2D eigenvalue weighted by atomic mass is 10.00. The molecular weight excluding hydrogens is 276 g/mol. The highest BCUT2D eigenvalue weighted by molar-refractivity contribution is 7.07. The third kappa shape index (κ3) is 3.73. The smallest absolute Gasteiger partial charge is 0.0449 e. The number of benzene rings is 1. The van der Waals surface area contributed by atoms with E-state index in [1.54, 1.807) is 11.3 Å². The Balaban J connectivity index is 1.64. The molecule has 1 fully saturated rings. The van der Waals surface area contributed by atoms with Gasteiger partial charge in [0.2, 0.25) is 0 Å². The van der Waals surface area contributed by atoms with Crippen LogP contribution in [-0.2, 0) is 6.42 Å². The lowest BCUT2D eigenvalue weighted by molar-refractivity contribution is 0.128. The van der Waals surface area contributed by atoms with Crippen molar-refractivity contribution in [2.75, 3.05) is 19.6 Å². The maximum Gasteiger partial charge on any atom is 0.0449 e. The number of rotatable bonds is 5. The summed E-state index contributed by atoms with van der Waals surface area (Å²) < 4.78 is 0. The maximum atomic E-state index is 3.72. The molecule has 1 aromatic heterocycles. The monoisotopic (exact) mass is 300 g/mol. The van der Waals surface area contributed by atoms with Crippen LogP contribution in [0, 0.1) is 0 Å². The average Bonchev–Trinajstić information content (AvgIpc) is 3.07. The molecule has 2 nitrogen and oxygen atoms in total. The summed E-state index contributed by atoms with van der Waals surface area (Å²) in [5, 5.41) is 8.17. The van der Waals surface area contributed by atoms with Gasteiger partial charge in [0.1, 0.15) is 0 Å². The second-order valence-electron chi connectivity index (χ2n) is 5.81. The quantitative estimate of drug-likeness (QED) is 0.905. The van der Waals surface area contributed by atoms with E-state index in [-0.39, 0.29) is 0 Å². The van der Waals surface area contributed by atoms with Crippen molar-refractivity contribution in [1.82, 2.24) is 10.2 Å². The molecule has 3 heteroatoms. The van der Waals surface area contributed by atoms with E-state index in [0.717, 1.165) is 13.1 Å². The zero-order valence-corrected chi connectivity index (χ0v) is 13.5. The second kappa shape index (κ2) is 7.21. The standard InChI is InChI=1S/C18H24N2S/c1-2-17-12-19-18(16-6-4-3-5-7-16)13-20(17)10-8-15-9-11-21-14-15/h3-7,9,11,14,17-19H,2,8,10,12-13H2,1H3. The summed E-state index contributed by atoms with van der Waals surface area (Å²) in [6, 6.07) is 14.2. The molecule has 0 amide bonds. The van der Waals surface area contributed by atoms with Gasteiger partial charge in [-0.15, -0.1) is 0 Å². The fourth-order valence-electron chi connectivity index (χ4n) is 3.15. The van der Waals surface area contributed by atoms with Gasteiger partial charge >= 0.3 is 0 Å². The fraction of sp³-hybridized carbons (Fsp3) is 0.444. The van der Waals surface area contributed by atoms with Gasteiger partial charge in [0.05, 0.1) is 0 Å². The van der Waals surface area contributed by atoms with Gasteiger partial charge in [0, 0.05) is 31.7 Å². The molecular formula is C18H24N2S. The minimum Gasteiger partial charge on any atom is -0.307 e. The first-order valence-corrected chi connectivity index (χ1v) is 8.84. The van der Waals surface area contributed by atoms with Gasteiger partial charge in [-0.2, -0.15) is 11.3 Å². The molecule has 0 radical (unpaired) electrons. The second-order valence-corrected chi connectivity index (χ2v) is 6.59. The molecule has 2 unspecified atom stereocenters. The van der Waals surface area contributed by atoms with E-state index in [1.807, 2.05) is 0 Å². The van der Waals surface area contributed by atoms with E-state index < -0.39 is 0 Å².